The summed E-state index contributed by atoms with van der Waals surface area (Å²) in [5.74, 6) is 0.779. The first-order valence-electron chi connectivity index (χ1n) is 12.8. The third-order valence-electron chi connectivity index (χ3n) is 7.62. The van der Waals surface area contributed by atoms with E-state index in [0.29, 0.717) is 0 Å². The molecule has 37 heavy (non-hydrogen) atoms. The van der Waals surface area contributed by atoms with Crippen molar-refractivity contribution in [1.82, 2.24) is 9.97 Å². The fraction of sp³-hybridized carbons (Fsp3) is 0.0588. The molecule has 1 aliphatic rings. The highest BCUT2D eigenvalue weighted by atomic mass is 28.3. The van der Waals surface area contributed by atoms with E-state index in [1.165, 1.54) is 37.8 Å². The molecule has 0 saturated heterocycles. The van der Waals surface area contributed by atoms with Crippen molar-refractivity contribution in [2.24, 2.45) is 0 Å². The average molecular weight is 491 g/mol. The van der Waals surface area contributed by atoms with E-state index in [-0.39, 0.29) is 0 Å². The fourth-order valence-corrected chi connectivity index (χ4v) is 8.96. The molecule has 3 heteroatoms. The van der Waals surface area contributed by atoms with Crippen molar-refractivity contribution in [3.05, 3.63) is 121 Å². The predicted octanol–water partition coefficient (Wildman–Crippen LogP) is 7.43. The van der Waals surface area contributed by atoms with Gasteiger partial charge in [0.25, 0.3) is 0 Å². The Hall–Kier alpha value is -4.34. The van der Waals surface area contributed by atoms with E-state index in [9.17, 15) is 0 Å². The van der Waals surface area contributed by atoms with E-state index in [0.717, 1.165) is 28.3 Å². The van der Waals surface area contributed by atoms with Crippen molar-refractivity contribution in [2.45, 2.75) is 13.1 Å². The lowest BCUT2D eigenvalue weighted by atomic mass is 10.0. The Morgan fingerprint density at radius 1 is 0.486 bits per heavy atom. The molecule has 0 spiro atoms. The standard InChI is InChI=1S/C34H26N2Si/c1-37(2)30-22-27-17-10-9-16-26(27)21-29(30)32-33(37)31(24-14-7-4-8-15-24)35-34(36-32)28-19-11-18-25(20-28)23-12-5-3-6-13-23/h3-22H,1-2H3. The molecule has 1 aliphatic heterocycles. The van der Waals surface area contributed by atoms with E-state index < -0.39 is 8.07 Å². The number of hydrogen-bond donors (Lipinski definition) is 0. The van der Waals surface area contributed by atoms with Crippen molar-refractivity contribution in [3.63, 3.8) is 0 Å². The molecule has 2 heterocycles. The highest BCUT2D eigenvalue weighted by Crippen LogP contribution is 2.35. The van der Waals surface area contributed by atoms with Gasteiger partial charge in [0.1, 0.15) is 8.07 Å². The normalized spacial score (nSPS) is 13.4. The first-order valence-corrected chi connectivity index (χ1v) is 15.8. The lowest BCUT2D eigenvalue weighted by Crippen LogP contribution is -2.50. The Morgan fingerprint density at radius 3 is 1.78 bits per heavy atom. The summed E-state index contributed by atoms with van der Waals surface area (Å²) in [5, 5.41) is 5.33. The number of hydrogen-bond acceptors (Lipinski definition) is 2. The molecule has 0 fully saturated rings. The Kier molecular flexibility index (Phi) is 4.95. The topological polar surface area (TPSA) is 25.8 Å². The van der Waals surface area contributed by atoms with Crippen LogP contribution in [0.2, 0.25) is 13.1 Å². The Labute approximate surface area is 218 Å². The van der Waals surface area contributed by atoms with Crippen molar-refractivity contribution in [3.8, 4) is 45.0 Å². The zero-order valence-electron chi connectivity index (χ0n) is 20.9. The van der Waals surface area contributed by atoms with Gasteiger partial charge in [0.15, 0.2) is 5.82 Å². The van der Waals surface area contributed by atoms with E-state index in [1.807, 2.05) is 0 Å². The van der Waals surface area contributed by atoms with Crippen LogP contribution in [0.15, 0.2) is 121 Å². The van der Waals surface area contributed by atoms with Gasteiger partial charge in [-0.1, -0.05) is 122 Å². The Morgan fingerprint density at radius 2 is 1.05 bits per heavy atom. The number of rotatable bonds is 3. The molecule has 0 saturated carbocycles. The van der Waals surface area contributed by atoms with Gasteiger partial charge >= 0.3 is 0 Å². The summed E-state index contributed by atoms with van der Waals surface area (Å²) in [4.78, 5) is 10.6. The van der Waals surface area contributed by atoms with Crippen LogP contribution in [0.25, 0.3) is 55.8 Å². The van der Waals surface area contributed by atoms with Crippen LogP contribution >= 0.6 is 0 Å². The quantitative estimate of drug-likeness (QED) is 0.241. The zero-order chi connectivity index (χ0) is 25.0. The highest BCUT2D eigenvalue weighted by molar-refractivity contribution is 7.04. The van der Waals surface area contributed by atoms with Gasteiger partial charge in [0.2, 0.25) is 0 Å². The van der Waals surface area contributed by atoms with Crippen molar-refractivity contribution in [2.75, 3.05) is 0 Å². The van der Waals surface area contributed by atoms with Gasteiger partial charge in [0.05, 0.1) is 11.4 Å². The molecule has 0 amide bonds. The molecule has 0 bridgehead atoms. The molecule has 0 N–H and O–H groups in total. The van der Waals surface area contributed by atoms with Gasteiger partial charge in [-0.2, -0.15) is 0 Å². The van der Waals surface area contributed by atoms with Crippen LogP contribution in [0, 0.1) is 0 Å². The first kappa shape index (κ1) is 21.9. The van der Waals surface area contributed by atoms with Crippen LogP contribution in [-0.4, -0.2) is 18.0 Å². The van der Waals surface area contributed by atoms with Crippen molar-refractivity contribution in [1.29, 1.82) is 0 Å². The van der Waals surface area contributed by atoms with Crippen LogP contribution in [0.5, 0.6) is 0 Å². The number of benzene rings is 5. The molecular weight excluding hydrogens is 464 g/mol. The number of aromatic nitrogens is 2. The summed E-state index contributed by atoms with van der Waals surface area (Å²) < 4.78 is 0. The summed E-state index contributed by atoms with van der Waals surface area (Å²) in [7, 11) is -2.04. The zero-order valence-corrected chi connectivity index (χ0v) is 21.9. The van der Waals surface area contributed by atoms with Gasteiger partial charge in [-0.15, -0.1) is 0 Å². The van der Waals surface area contributed by atoms with E-state index >= 15 is 0 Å². The van der Waals surface area contributed by atoms with Crippen LogP contribution < -0.4 is 10.4 Å². The van der Waals surface area contributed by atoms with Gasteiger partial charge < -0.3 is 0 Å². The maximum Gasteiger partial charge on any atom is 0.160 e. The minimum Gasteiger partial charge on any atom is -0.228 e. The number of fused-ring (bicyclic) bond motifs is 4. The summed E-state index contributed by atoms with van der Waals surface area (Å²) in [6.45, 7) is 4.88. The lowest BCUT2D eigenvalue weighted by Gasteiger charge is -2.22. The van der Waals surface area contributed by atoms with Crippen LogP contribution in [0.1, 0.15) is 0 Å². The molecule has 6 aromatic rings. The summed E-state index contributed by atoms with van der Waals surface area (Å²) in [5.41, 5.74) is 8.00. The molecule has 0 unspecified atom stereocenters. The monoisotopic (exact) mass is 490 g/mol. The van der Waals surface area contributed by atoms with Crippen LogP contribution in [0.4, 0.5) is 0 Å². The Bertz CT molecular complexity index is 1790. The second kappa shape index (κ2) is 8.36. The minimum absolute atomic E-state index is 0.779. The average Bonchev–Trinajstić information content (AvgIpc) is 3.18. The Balaban J connectivity index is 1.51. The van der Waals surface area contributed by atoms with E-state index in [4.69, 9.17) is 9.97 Å². The van der Waals surface area contributed by atoms with Gasteiger partial charge in [-0.3, -0.25) is 0 Å². The van der Waals surface area contributed by atoms with E-state index in [2.05, 4.69) is 134 Å². The first-order chi connectivity index (χ1) is 18.1. The molecule has 0 radical (unpaired) electrons. The molecule has 1 aromatic heterocycles. The molecule has 5 aromatic carbocycles. The maximum atomic E-state index is 5.31. The summed E-state index contributed by atoms with van der Waals surface area (Å²) in [6, 6.07) is 43.1. The fourth-order valence-electron chi connectivity index (χ4n) is 5.74. The van der Waals surface area contributed by atoms with Crippen LogP contribution in [-0.2, 0) is 0 Å². The lowest BCUT2D eigenvalue weighted by molar-refractivity contribution is 1.20. The second-order valence-electron chi connectivity index (χ2n) is 10.3. The molecule has 7 rings (SSSR count). The molecule has 0 aliphatic carbocycles. The predicted molar refractivity (Wildman–Crippen MR) is 158 cm³/mol. The van der Waals surface area contributed by atoms with Crippen molar-refractivity contribution < 1.29 is 0 Å². The molecular formula is C34H26N2Si. The molecule has 0 atom stereocenters. The maximum absolute atomic E-state index is 5.31. The SMILES string of the molecule is C[Si]1(C)c2cc3ccccc3cc2-c2nc(-c3cccc(-c4ccccc4)c3)nc(-c3ccccc3)c21. The van der Waals surface area contributed by atoms with Crippen LogP contribution in [0.3, 0.4) is 0 Å². The highest BCUT2D eigenvalue weighted by Gasteiger charge is 2.42. The number of nitrogens with zero attached hydrogens (tertiary/aromatic N) is 2. The third-order valence-corrected chi connectivity index (χ3v) is 11.1. The van der Waals surface area contributed by atoms with E-state index in [1.54, 1.807) is 0 Å². The third kappa shape index (κ3) is 3.54. The van der Waals surface area contributed by atoms with Gasteiger partial charge in [0, 0.05) is 16.7 Å². The largest absolute Gasteiger partial charge is 0.228 e. The molecule has 176 valence electrons. The van der Waals surface area contributed by atoms with Gasteiger partial charge in [-0.25, -0.2) is 9.97 Å². The minimum atomic E-state index is -2.04. The summed E-state index contributed by atoms with van der Waals surface area (Å²) >= 11 is 0. The molecule has 2 nitrogen and oxygen atoms in total. The van der Waals surface area contributed by atoms with Gasteiger partial charge in [-0.05, 0) is 44.4 Å². The summed E-state index contributed by atoms with van der Waals surface area (Å²) in [6.07, 6.45) is 0. The van der Waals surface area contributed by atoms with Crippen molar-refractivity contribution >= 4 is 29.2 Å². The second-order valence-corrected chi connectivity index (χ2v) is 14.6. The smallest absolute Gasteiger partial charge is 0.160 e.